The van der Waals surface area contributed by atoms with Gasteiger partial charge in [0.15, 0.2) is 0 Å². The van der Waals surface area contributed by atoms with Crippen LogP contribution < -0.4 is 5.32 Å². The summed E-state index contributed by atoms with van der Waals surface area (Å²) in [5, 5.41) is 11.9. The zero-order valence-corrected chi connectivity index (χ0v) is 13.5. The molecule has 5 nitrogen and oxygen atoms in total. The third kappa shape index (κ3) is 3.90. The lowest BCUT2D eigenvalue weighted by atomic mass is 9.79. The zero-order chi connectivity index (χ0) is 16.3. The van der Waals surface area contributed by atoms with E-state index in [4.69, 9.17) is 9.52 Å². The van der Waals surface area contributed by atoms with Gasteiger partial charge in [0.05, 0.1) is 11.8 Å². The Balaban J connectivity index is 1.98. The number of rotatable bonds is 5. The number of aliphatic carboxylic acids is 1. The van der Waals surface area contributed by atoms with Crippen molar-refractivity contribution in [1.29, 1.82) is 0 Å². The van der Waals surface area contributed by atoms with Gasteiger partial charge in [-0.3, -0.25) is 9.59 Å². The summed E-state index contributed by atoms with van der Waals surface area (Å²) in [6.07, 6.45) is 5.42. The average Bonchev–Trinajstić information content (AvgIpc) is 2.79. The molecule has 1 fully saturated rings. The summed E-state index contributed by atoms with van der Waals surface area (Å²) >= 11 is 0. The minimum Gasteiger partial charge on any atom is -0.481 e. The Morgan fingerprint density at radius 1 is 1.32 bits per heavy atom. The Morgan fingerprint density at radius 3 is 2.50 bits per heavy atom. The lowest BCUT2D eigenvalue weighted by molar-refractivity contribution is -0.136. The van der Waals surface area contributed by atoms with Crippen molar-refractivity contribution >= 4 is 11.9 Å². The number of amides is 1. The maximum absolute atomic E-state index is 12.4. The molecule has 0 saturated heterocycles. The molecule has 2 N–H and O–H groups in total. The molecule has 1 saturated carbocycles. The smallest absolute Gasteiger partial charge is 0.311 e. The number of furan rings is 1. The molecule has 2 rings (SSSR count). The summed E-state index contributed by atoms with van der Waals surface area (Å²) in [4.78, 5) is 23.3. The van der Waals surface area contributed by atoms with Crippen LogP contribution in [0.25, 0.3) is 0 Å². The van der Waals surface area contributed by atoms with Gasteiger partial charge in [0.25, 0.3) is 5.91 Å². The number of hydrogen-bond acceptors (Lipinski definition) is 3. The van der Waals surface area contributed by atoms with E-state index < -0.39 is 5.97 Å². The summed E-state index contributed by atoms with van der Waals surface area (Å²) in [5.74, 6) is 0.455. The third-order valence-electron chi connectivity index (χ3n) is 4.64. The van der Waals surface area contributed by atoms with Crippen molar-refractivity contribution in [3.8, 4) is 0 Å². The molecular weight excluding hydrogens is 282 g/mol. The van der Waals surface area contributed by atoms with Gasteiger partial charge in [0.1, 0.15) is 12.2 Å². The molecular formula is C17H25NO4. The molecule has 1 amide bonds. The number of carboxylic acids is 1. The highest BCUT2D eigenvalue weighted by Crippen LogP contribution is 2.30. The molecule has 1 aromatic rings. The summed E-state index contributed by atoms with van der Waals surface area (Å²) in [7, 11) is 0. The van der Waals surface area contributed by atoms with E-state index in [1.54, 1.807) is 6.92 Å². The van der Waals surface area contributed by atoms with Crippen LogP contribution in [0.1, 0.15) is 61.2 Å². The number of carbonyl (C=O) groups excluding carboxylic acids is 1. The van der Waals surface area contributed by atoms with Crippen LogP contribution in [-0.4, -0.2) is 23.0 Å². The van der Waals surface area contributed by atoms with Gasteiger partial charge < -0.3 is 14.8 Å². The van der Waals surface area contributed by atoms with Gasteiger partial charge >= 0.3 is 5.97 Å². The Labute approximate surface area is 131 Å². The Bertz CT molecular complexity index is 539. The van der Waals surface area contributed by atoms with Crippen LogP contribution in [0.2, 0.25) is 0 Å². The van der Waals surface area contributed by atoms with E-state index in [1.165, 1.54) is 6.26 Å². The first kappa shape index (κ1) is 16.6. The lowest BCUT2D eigenvalue weighted by Crippen LogP contribution is -2.38. The van der Waals surface area contributed by atoms with Gasteiger partial charge in [-0.2, -0.15) is 0 Å². The van der Waals surface area contributed by atoms with Crippen molar-refractivity contribution in [1.82, 2.24) is 5.32 Å². The van der Waals surface area contributed by atoms with Crippen LogP contribution >= 0.6 is 0 Å². The monoisotopic (exact) mass is 307 g/mol. The standard InChI is InChI=1S/C17H25NO4/c1-10(2)12-4-6-13(7-5-12)18-17(21)16-11(3)9-22-14(16)8-15(19)20/h9-10,12-13H,4-8H2,1-3H3,(H,18,21)(H,19,20). The third-order valence-corrected chi connectivity index (χ3v) is 4.64. The minimum absolute atomic E-state index is 0.175. The SMILES string of the molecule is Cc1coc(CC(=O)O)c1C(=O)NC1CCC(C(C)C)CC1. The molecule has 0 atom stereocenters. The van der Waals surface area contributed by atoms with E-state index in [0.717, 1.165) is 31.6 Å². The molecule has 1 aliphatic rings. The molecule has 22 heavy (non-hydrogen) atoms. The number of carbonyl (C=O) groups is 2. The highest BCUT2D eigenvalue weighted by molar-refractivity contribution is 5.97. The summed E-state index contributed by atoms with van der Waals surface area (Å²) in [6, 6.07) is 0.175. The molecule has 0 aliphatic heterocycles. The number of carboxylic acid groups (broad SMARTS) is 1. The topological polar surface area (TPSA) is 79.5 Å². The maximum Gasteiger partial charge on any atom is 0.311 e. The van der Waals surface area contributed by atoms with Gasteiger partial charge in [-0.15, -0.1) is 0 Å². The normalized spacial score (nSPS) is 21.8. The first-order valence-electron chi connectivity index (χ1n) is 7.98. The molecule has 5 heteroatoms. The number of aryl methyl sites for hydroxylation is 1. The molecule has 0 unspecified atom stereocenters. The van der Waals surface area contributed by atoms with E-state index in [0.29, 0.717) is 17.0 Å². The van der Waals surface area contributed by atoms with Gasteiger partial charge in [-0.05, 0) is 44.4 Å². The predicted octanol–water partition coefficient (Wildman–Crippen LogP) is 3.16. The fourth-order valence-corrected chi connectivity index (χ4v) is 3.26. The zero-order valence-electron chi connectivity index (χ0n) is 13.5. The molecule has 0 aromatic carbocycles. The van der Waals surface area contributed by atoms with E-state index >= 15 is 0 Å². The van der Waals surface area contributed by atoms with Gasteiger partial charge in [0, 0.05) is 11.6 Å². The lowest BCUT2D eigenvalue weighted by Gasteiger charge is -2.31. The fourth-order valence-electron chi connectivity index (χ4n) is 3.26. The van der Waals surface area contributed by atoms with Crippen molar-refractivity contribution in [3.63, 3.8) is 0 Å². The molecule has 0 radical (unpaired) electrons. The Morgan fingerprint density at radius 2 is 1.95 bits per heavy atom. The number of nitrogens with one attached hydrogen (secondary N) is 1. The van der Waals surface area contributed by atoms with Crippen LogP contribution in [0.15, 0.2) is 10.7 Å². The highest BCUT2D eigenvalue weighted by atomic mass is 16.4. The van der Waals surface area contributed by atoms with Crippen LogP contribution in [-0.2, 0) is 11.2 Å². The fraction of sp³-hybridized carbons (Fsp3) is 0.647. The van der Waals surface area contributed by atoms with Crippen LogP contribution in [0, 0.1) is 18.8 Å². The van der Waals surface area contributed by atoms with Crippen LogP contribution in [0.5, 0.6) is 0 Å². The molecule has 0 bridgehead atoms. The van der Waals surface area contributed by atoms with Crippen LogP contribution in [0.4, 0.5) is 0 Å². The second-order valence-corrected chi connectivity index (χ2v) is 6.62. The largest absolute Gasteiger partial charge is 0.481 e. The Hall–Kier alpha value is -1.78. The van der Waals surface area contributed by atoms with Gasteiger partial charge in [-0.1, -0.05) is 13.8 Å². The summed E-state index contributed by atoms with van der Waals surface area (Å²) in [5.41, 5.74) is 1.07. The molecule has 0 spiro atoms. The van der Waals surface area contributed by atoms with E-state index in [9.17, 15) is 9.59 Å². The summed E-state index contributed by atoms with van der Waals surface area (Å²) in [6.45, 7) is 6.26. The average molecular weight is 307 g/mol. The Kier molecular flexibility index (Phi) is 5.27. The molecule has 1 heterocycles. The van der Waals surface area contributed by atoms with Crippen molar-refractivity contribution in [2.75, 3.05) is 0 Å². The summed E-state index contributed by atoms with van der Waals surface area (Å²) < 4.78 is 5.22. The predicted molar refractivity (Wildman–Crippen MR) is 82.8 cm³/mol. The molecule has 1 aromatic heterocycles. The molecule has 122 valence electrons. The van der Waals surface area contributed by atoms with Crippen molar-refractivity contribution in [2.45, 2.75) is 58.9 Å². The van der Waals surface area contributed by atoms with Crippen molar-refractivity contribution < 1.29 is 19.1 Å². The van der Waals surface area contributed by atoms with Crippen molar-refractivity contribution in [2.24, 2.45) is 11.8 Å². The van der Waals surface area contributed by atoms with Gasteiger partial charge in [0.2, 0.25) is 0 Å². The minimum atomic E-state index is -0.999. The second-order valence-electron chi connectivity index (χ2n) is 6.62. The number of hydrogen-bond donors (Lipinski definition) is 2. The van der Waals surface area contributed by atoms with E-state index in [-0.39, 0.29) is 24.1 Å². The first-order chi connectivity index (χ1) is 10.4. The van der Waals surface area contributed by atoms with Crippen molar-refractivity contribution in [3.05, 3.63) is 23.2 Å². The maximum atomic E-state index is 12.4. The van der Waals surface area contributed by atoms with E-state index in [2.05, 4.69) is 19.2 Å². The highest BCUT2D eigenvalue weighted by Gasteiger charge is 2.27. The quantitative estimate of drug-likeness (QED) is 0.875. The first-order valence-corrected chi connectivity index (χ1v) is 7.98. The van der Waals surface area contributed by atoms with Gasteiger partial charge in [-0.25, -0.2) is 0 Å². The van der Waals surface area contributed by atoms with Crippen LogP contribution in [0.3, 0.4) is 0 Å². The van der Waals surface area contributed by atoms with E-state index in [1.807, 2.05) is 0 Å². The molecule has 1 aliphatic carbocycles. The second kappa shape index (κ2) is 6.99.